The van der Waals surface area contributed by atoms with Crippen LogP contribution in [-0.2, 0) is 21.7 Å². The van der Waals surface area contributed by atoms with E-state index in [1.807, 2.05) is 64.2 Å². The molecule has 2 bridgehead atoms. The molecule has 1 heteroatoms. The fraction of sp³-hybridized carbons (Fsp3) is 0.333. The van der Waals surface area contributed by atoms with E-state index in [-0.39, 0.29) is 21.7 Å². The Kier molecular flexibility index (Phi) is 9.76. The Bertz CT molecular complexity index is 179. The summed E-state index contributed by atoms with van der Waals surface area (Å²) in [6, 6.07) is 0. The van der Waals surface area contributed by atoms with E-state index < -0.39 is 0 Å². The minimum atomic E-state index is 0. The first-order chi connectivity index (χ1) is 8.86. The van der Waals surface area contributed by atoms with Gasteiger partial charge in [-0.1, -0.05) is 25.2 Å². The molecule has 19 heavy (non-hydrogen) atoms. The van der Waals surface area contributed by atoms with E-state index in [4.69, 9.17) is 0 Å². The quantitative estimate of drug-likeness (QED) is 0.464. The van der Waals surface area contributed by atoms with Crippen molar-refractivity contribution in [2.75, 3.05) is 0 Å². The zero-order valence-electron chi connectivity index (χ0n) is 11.4. The molecule has 0 aromatic carbocycles. The van der Waals surface area contributed by atoms with Crippen LogP contribution in [0.25, 0.3) is 0 Å². The Hall–Kier alpha value is 0.714. The third-order valence-electron chi connectivity index (χ3n) is 3.75. The van der Waals surface area contributed by atoms with Crippen LogP contribution in [0.3, 0.4) is 0 Å². The molecule has 4 aliphatic carbocycles. The predicted octanol–water partition coefficient (Wildman–Crippen LogP) is 4.11. The van der Waals surface area contributed by atoms with Crippen LogP contribution in [0.5, 0.6) is 0 Å². The summed E-state index contributed by atoms with van der Waals surface area (Å²) in [6.45, 7) is 4.06. The summed E-state index contributed by atoms with van der Waals surface area (Å²) in [7, 11) is 0. The van der Waals surface area contributed by atoms with Gasteiger partial charge in [0.05, 0.1) is 0 Å². The van der Waals surface area contributed by atoms with Crippen LogP contribution in [0, 0.1) is 95.3 Å². The topological polar surface area (TPSA) is 0 Å². The van der Waals surface area contributed by atoms with E-state index in [2.05, 4.69) is 13.3 Å². The summed E-state index contributed by atoms with van der Waals surface area (Å²) in [6.07, 6.45) is 26.8. The van der Waals surface area contributed by atoms with Crippen molar-refractivity contribution in [3.8, 4) is 0 Å². The van der Waals surface area contributed by atoms with Crippen molar-refractivity contribution in [1.29, 1.82) is 0 Å². The first-order valence-electron chi connectivity index (χ1n) is 6.87. The second-order valence-corrected chi connectivity index (χ2v) is 5.11. The number of hydrogen-bond acceptors (Lipinski definition) is 0. The maximum Gasteiger partial charge on any atom is 2.00 e. The van der Waals surface area contributed by atoms with Gasteiger partial charge >= 0.3 is 21.7 Å². The van der Waals surface area contributed by atoms with Crippen molar-refractivity contribution in [3.05, 3.63) is 77.6 Å². The Balaban J connectivity index is 0.000000146. The van der Waals surface area contributed by atoms with Crippen LogP contribution in [0.15, 0.2) is 0 Å². The van der Waals surface area contributed by atoms with Crippen LogP contribution in [0.4, 0.5) is 0 Å². The van der Waals surface area contributed by atoms with Crippen molar-refractivity contribution >= 4 is 0 Å². The average molecular weight is 286 g/mol. The van der Waals surface area contributed by atoms with E-state index in [1.165, 1.54) is 19.3 Å². The van der Waals surface area contributed by atoms with Crippen LogP contribution < -0.4 is 0 Å². The summed E-state index contributed by atoms with van der Waals surface area (Å²) in [4.78, 5) is 0. The third kappa shape index (κ3) is 6.81. The molecule has 4 saturated carbocycles. The zero-order chi connectivity index (χ0) is 12.6. The molecular weight excluding hydrogens is 264 g/mol. The molecule has 4 fully saturated rings. The fourth-order valence-electron chi connectivity index (χ4n) is 2.76. The molecule has 4 rings (SSSR count). The van der Waals surface area contributed by atoms with E-state index in [0.29, 0.717) is 5.92 Å². The molecule has 3 atom stereocenters. The van der Waals surface area contributed by atoms with Crippen molar-refractivity contribution in [1.82, 2.24) is 0 Å². The number of hydrogen-bond donors (Lipinski definition) is 0. The average Bonchev–Trinajstić information content (AvgIpc) is 3.17. The molecular formula is C18H22Ti. The van der Waals surface area contributed by atoms with Gasteiger partial charge in [-0.15, -0.1) is 0 Å². The second kappa shape index (κ2) is 10.4. The molecule has 10 radical (unpaired) electrons. The van der Waals surface area contributed by atoms with Gasteiger partial charge in [-0.25, -0.2) is 0 Å². The summed E-state index contributed by atoms with van der Waals surface area (Å²) < 4.78 is 0. The molecule has 0 heterocycles. The molecule has 98 valence electrons. The molecule has 0 aliphatic heterocycles. The molecule has 0 aromatic rings. The first kappa shape index (κ1) is 17.8. The first-order valence-corrected chi connectivity index (χ1v) is 6.87. The maximum atomic E-state index is 4.06. The van der Waals surface area contributed by atoms with E-state index in [0.717, 1.165) is 11.8 Å². The maximum absolute atomic E-state index is 4.06. The minimum Gasteiger partial charge on any atom is -0.369 e. The molecule has 0 nitrogen and oxygen atoms in total. The summed E-state index contributed by atoms with van der Waals surface area (Å²) in [5, 5.41) is 0. The van der Waals surface area contributed by atoms with Crippen LogP contribution in [0.1, 0.15) is 19.3 Å². The van der Waals surface area contributed by atoms with Crippen molar-refractivity contribution in [2.24, 2.45) is 17.8 Å². The van der Waals surface area contributed by atoms with E-state index in [1.54, 1.807) is 0 Å². The molecule has 0 amide bonds. The molecule has 0 aromatic heterocycles. The van der Waals surface area contributed by atoms with Gasteiger partial charge in [0, 0.05) is 0 Å². The SMILES string of the molecule is [CH2-]C1[CH-]C2CCC1C2.[CH]1[CH][CH][CH][CH]1.[CH]1[CH][CH][CH][CH]1.[Ti+2]. The van der Waals surface area contributed by atoms with Gasteiger partial charge in [-0.2, -0.15) is 5.92 Å². The van der Waals surface area contributed by atoms with Gasteiger partial charge in [0.25, 0.3) is 0 Å². The van der Waals surface area contributed by atoms with Crippen LogP contribution >= 0.6 is 0 Å². The van der Waals surface area contributed by atoms with Crippen molar-refractivity contribution < 1.29 is 21.7 Å². The standard InChI is InChI=1S/C8H12.2C5H5.Ti/c1-6-4-7-2-3-8(6)5-7;2*1-2-4-5-3-1;/h4,6-8H,1-3,5H2;2*1-5H;/q-2;;;+2. The molecule has 0 saturated heterocycles. The van der Waals surface area contributed by atoms with Gasteiger partial charge in [-0.3, -0.25) is 5.92 Å². The molecule has 4 aliphatic rings. The monoisotopic (exact) mass is 286 g/mol. The Morgan fingerprint density at radius 2 is 1.16 bits per heavy atom. The smallest absolute Gasteiger partial charge is 0.369 e. The summed E-state index contributed by atoms with van der Waals surface area (Å²) in [5.41, 5.74) is 0. The minimum absolute atomic E-state index is 0. The number of fused-ring (bicyclic) bond motifs is 2. The molecule has 3 unspecified atom stereocenters. The molecule has 0 spiro atoms. The van der Waals surface area contributed by atoms with Crippen molar-refractivity contribution in [3.63, 3.8) is 0 Å². The Morgan fingerprint density at radius 3 is 1.32 bits per heavy atom. The van der Waals surface area contributed by atoms with Gasteiger partial charge in [0.1, 0.15) is 0 Å². The Labute approximate surface area is 136 Å². The second-order valence-electron chi connectivity index (χ2n) is 5.11. The number of rotatable bonds is 0. The fourth-order valence-corrected chi connectivity index (χ4v) is 2.76. The van der Waals surface area contributed by atoms with E-state index >= 15 is 0 Å². The largest absolute Gasteiger partial charge is 2.00 e. The molecule has 0 N–H and O–H groups in total. The Morgan fingerprint density at radius 1 is 0.737 bits per heavy atom. The van der Waals surface area contributed by atoms with Crippen LogP contribution in [-0.4, -0.2) is 0 Å². The third-order valence-corrected chi connectivity index (χ3v) is 3.75. The van der Waals surface area contributed by atoms with Gasteiger partial charge in [0.2, 0.25) is 0 Å². The summed E-state index contributed by atoms with van der Waals surface area (Å²) >= 11 is 0. The van der Waals surface area contributed by atoms with Gasteiger partial charge in [-0.05, 0) is 64.2 Å². The van der Waals surface area contributed by atoms with Crippen LogP contribution in [0.2, 0.25) is 0 Å². The van der Waals surface area contributed by atoms with E-state index in [9.17, 15) is 0 Å². The van der Waals surface area contributed by atoms with Crippen molar-refractivity contribution in [2.45, 2.75) is 19.3 Å². The normalized spacial score (nSPS) is 34.9. The van der Waals surface area contributed by atoms with Gasteiger partial charge < -0.3 is 13.3 Å². The summed E-state index contributed by atoms with van der Waals surface area (Å²) in [5.74, 6) is 2.64. The van der Waals surface area contributed by atoms with Gasteiger partial charge in [0.15, 0.2) is 0 Å². The zero-order valence-corrected chi connectivity index (χ0v) is 13.0. The predicted molar refractivity (Wildman–Crippen MR) is 77.0 cm³/mol.